The highest BCUT2D eigenvalue weighted by atomic mass is 16.5. The van der Waals surface area contributed by atoms with Gasteiger partial charge in [0.05, 0.1) is 12.5 Å². The second kappa shape index (κ2) is 12.9. The Morgan fingerprint density at radius 2 is 1.17 bits per heavy atom. The van der Waals surface area contributed by atoms with Gasteiger partial charge >= 0.3 is 5.97 Å². The molecule has 3 aliphatic heterocycles. The lowest BCUT2D eigenvalue weighted by Crippen LogP contribution is -2.34. The first-order chi connectivity index (χ1) is 25.0. The van der Waals surface area contributed by atoms with Gasteiger partial charge in [0.2, 0.25) is 5.71 Å². The maximum atomic E-state index is 12.7. The number of hydrogen-bond acceptors (Lipinski definition) is 4. The molecule has 8 rings (SSSR count). The first-order valence-corrected chi connectivity index (χ1v) is 19.2. The van der Waals surface area contributed by atoms with Gasteiger partial charge in [-0.15, -0.1) is 0 Å². The highest BCUT2D eigenvalue weighted by Gasteiger charge is 2.42. The second-order valence-electron chi connectivity index (χ2n) is 16.1. The zero-order valence-corrected chi connectivity index (χ0v) is 31.9. The number of hydrogen-bond donors (Lipinski definition) is 0. The number of anilines is 2. The first kappa shape index (κ1) is 34.2. The number of likely N-dealkylation sites (N-methyl/N-ethyl adjacent to an activating group) is 2. The fourth-order valence-electron chi connectivity index (χ4n) is 9.79. The molecule has 266 valence electrons. The smallest absolute Gasteiger partial charge is 0.309 e. The van der Waals surface area contributed by atoms with Crippen LogP contribution in [0.3, 0.4) is 0 Å². The lowest BCUT2D eigenvalue weighted by molar-refractivity contribution is -0.539. The average molecular weight is 691 g/mol. The number of rotatable bonds is 4. The summed E-state index contributed by atoms with van der Waals surface area (Å²) in [5.41, 5.74) is 11.8. The lowest BCUT2D eigenvalue weighted by atomic mass is 9.81. The molecule has 0 atom stereocenters. The third-order valence-electron chi connectivity index (χ3n) is 12.4. The number of fused-ring (bicyclic) bond motifs is 6. The molecule has 5 heteroatoms. The number of carbonyl (C=O) groups is 1. The monoisotopic (exact) mass is 690 g/mol. The van der Waals surface area contributed by atoms with E-state index in [4.69, 9.17) is 4.74 Å². The van der Waals surface area contributed by atoms with Gasteiger partial charge in [-0.25, -0.2) is 4.58 Å². The Labute approximate surface area is 309 Å². The number of esters is 1. The summed E-state index contributed by atoms with van der Waals surface area (Å²) >= 11 is 0. The summed E-state index contributed by atoms with van der Waals surface area (Å²) in [6, 6.07) is 26.6. The molecule has 0 spiro atoms. The molecule has 0 aromatic heterocycles. The van der Waals surface area contributed by atoms with Crippen LogP contribution in [0.4, 0.5) is 11.4 Å². The van der Waals surface area contributed by atoms with E-state index in [0.717, 1.165) is 38.8 Å². The van der Waals surface area contributed by atoms with Gasteiger partial charge in [-0.2, -0.15) is 0 Å². The molecule has 52 heavy (non-hydrogen) atoms. The van der Waals surface area contributed by atoms with Crippen molar-refractivity contribution in [1.29, 1.82) is 0 Å². The normalized spacial score (nSPS) is 23.9. The van der Waals surface area contributed by atoms with Crippen molar-refractivity contribution in [2.75, 3.05) is 43.6 Å². The zero-order valence-electron chi connectivity index (χ0n) is 31.9. The first-order valence-electron chi connectivity index (χ1n) is 19.2. The van der Waals surface area contributed by atoms with E-state index in [1.54, 1.807) is 0 Å². The van der Waals surface area contributed by atoms with Crippen LogP contribution in [0, 0.1) is 5.92 Å². The van der Waals surface area contributed by atoms with Crippen molar-refractivity contribution in [1.82, 2.24) is 0 Å². The van der Waals surface area contributed by atoms with Gasteiger partial charge in [-0.3, -0.25) is 4.79 Å². The molecule has 0 bridgehead atoms. The third-order valence-corrected chi connectivity index (χ3v) is 12.4. The molecule has 1 saturated carbocycles. The minimum Gasteiger partial charge on any atom is -0.466 e. The van der Waals surface area contributed by atoms with Gasteiger partial charge in [0, 0.05) is 71.7 Å². The number of piperidine rings is 1. The van der Waals surface area contributed by atoms with Crippen molar-refractivity contribution >= 4 is 44.6 Å². The van der Waals surface area contributed by atoms with Crippen molar-refractivity contribution in [3.8, 4) is 0 Å². The fourth-order valence-corrected chi connectivity index (χ4v) is 9.79. The Morgan fingerprint density at radius 3 is 1.63 bits per heavy atom. The van der Waals surface area contributed by atoms with E-state index in [-0.39, 0.29) is 22.7 Å². The van der Waals surface area contributed by atoms with Gasteiger partial charge in [-0.05, 0) is 76.7 Å². The molecular formula is C47H52N3O2+. The van der Waals surface area contributed by atoms with Crippen molar-refractivity contribution in [3.05, 3.63) is 131 Å². The van der Waals surface area contributed by atoms with Crippen molar-refractivity contribution in [2.24, 2.45) is 5.92 Å². The van der Waals surface area contributed by atoms with Crippen LogP contribution in [-0.4, -0.2) is 50.0 Å². The molecular weight excluding hydrogens is 639 g/mol. The molecule has 5 nitrogen and oxygen atoms in total. The summed E-state index contributed by atoms with van der Waals surface area (Å²) in [4.78, 5) is 17.5. The molecule has 4 aromatic carbocycles. The van der Waals surface area contributed by atoms with Crippen LogP contribution in [0.5, 0.6) is 0 Å². The molecule has 1 aliphatic carbocycles. The highest BCUT2D eigenvalue weighted by molar-refractivity contribution is 6.12. The summed E-state index contributed by atoms with van der Waals surface area (Å²) < 4.78 is 7.98. The Morgan fingerprint density at radius 1 is 0.712 bits per heavy atom. The molecule has 4 aliphatic rings. The minimum atomic E-state index is -0.139. The van der Waals surface area contributed by atoms with Crippen LogP contribution in [0.25, 0.3) is 21.5 Å². The Balaban J connectivity index is 1.19. The molecule has 4 aromatic rings. The van der Waals surface area contributed by atoms with Gasteiger partial charge in [-0.1, -0.05) is 101 Å². The molecule has 3 heterocycles. The molecule has 1 saturated heterocycles. The van der Waals surface area contributed by atoms with Crippen LogP contribution in [0.1, 0.15) is 71.4 Å². The van der Waals surface area contributed by atoms with Gasteiger partial charge < -0.3 is 14.5 Å². The van der Waals surface area contributed by atoms with Crippen LogP contribution < -0.4 is 9.80 Å². The minimum absolute atomic E-state index is 0.0233. The van der Waals surface area contributed by atoms with Gasteiger partial charge in [0.15, 0.2) is 0 Å². The summed E-state index contributed by atoms with van der Waals surface area (Å²) in [5, 5.41) is 5.24. The summed E-state index contributed by atoms with van der Waals surface area (Å²) in [5.74, 6) is -0.0680. The topological polar surface area (TPSA) is 35.8 Å². The standard InChI is InChI=1S/C47H52N3O2/c1-8-52-45(51)35-27-29-50(30-28-35)44-33(21-25-40-46(2,3)42-36-15-11-9-13-31(36)19-23-38(42)48(40)6)17-18-34(44)22-26-41-47(4,5)43-37-16-12-10-14-32(37)20-24-39(43)49(41)7/h9-16,19-26,35H,8,17-18,27-30H2,1-7H3/q+1. The largest absolute Gasteiger partial charge is 0.466 e. The average Bonchev–Trinajstić information content (AvgIpc) is 3.70. The molecule has 2 fully saturated rings. The summed E-state index contributed by atoms with van der Waals surface area (Å²) in [6.45, 7) is 13.5. The Kier molecular flexibility index (Phi) is 8.52. The molecule has 0 radical (unpaired) electrons. The van der Waals surface area contributed by atoms with Crippen LogP contribution in [0.2, 0.25) is 0 Å². The maximum Gasteiger partial charge on any atom is 0.309 e. The molecule has 0 unspecified atom stereocenters. The van der Waals surface area contributed by atoms with Gasteiger partial charge in [0.25, 0.3) is 0 Å². The van der Waals surface area contributed by atoms with E-state index < -0.39 is 0 Å². The Hall–Kier alpha value is -4.90. The third kappa shape index (κ3) is 5.43. The van der Waals surface area contributed by atoms with Crippen LogP contribution >= 0.6 is 0 Å². The van der Waals surface area contributed by atoms with Crippen LogP contribution in [0.15, 0.2) is 120 Å². The highest BCUT2D eigenvalue weighted by Crippen LogP contribution is 2.51. The van der Waals surface area contributed by atoms with E-state index in [1.807, 2.05) is 6.92 Å². The van der Waals surface area contributed by atoms with Gasteiger partial charge in [0.1, 0.15) is 13.1 Å². The molecule has 0 N–H and O–H groups in total. The number of ether oxygens (including phenoxy) is 1. The second-order valence-corrected chi connectivity index (χ2v) is 16.1. The lowest BCUT2D eigenvalue weighted by Gasteiger charge is -2.24. The van der Waals surface area contributed by atoms with E-state index in [9.17, 15) is 4.79 Å². The van der Waals surface area contributed by atoms with E-state index in [1.165, 1.54) is 72.3 Å². The van der Waals surface area contributed by atoms with Crippen molar-refractivity contribution in [3.63, 3.8) is 0 Å². The quantitative estimate of drug-likeness (QED) is 0.158. The predicted molar refractivity (Wildman–Crippen MR) is 217 cm³/mol. The Bertz CT molecular complexity index is 2130. The van der Waals surface area contributed by atoms with E-state index in [0.29, 0.717) is 6.61 Å². The van der Waals surface area contributed by atoms with E-state index >= 15 is 0 Å². The SMILES string of the molecule is CCOC(=O)C1CC[N+](=C2/C(=C/C=C3/N(C)c4ccc5ccccc5c4C3(C)C)CC/C2=C\C=C2\N(C)c3ccc4ccccc4c3C2(C)C)CC1. The fraction of sp³-hybridized carbons (Fsp3) is 0.362. The number of benzene rings is 4. The maximum absolute atomic E-state index is 12.7. The number of carbonyl (C=O) groups excluding carboxylic acids is 1. The summed E-state index contributed by atoms with van der Waals surface area (Å²) in [7, 11) is 4.43. The van der Waals surface area contributed by atoms with Crippen molar-refractivity contribution < 1.29 is 14.1 Å². The number of nitrogens with zero attached hydrogens (tertiary/aromatic N) is 3. The summed E-state index contributed by atoms with van der Waals surface area (Å²) in [6.07, 6.45) is 13.2. The number of allylic oxidation sites excluding steroid dienone is 8. The van der Waals surface area contributed by atoms with E-state index in [2.05, 4.69) is 153 Å². The van der Waals surface area contributed by atoms with Crippen LogP contribution in [-0.2, 0) is 20.4 Å². The zero-order chi connectivity index (χ0) is 36.4. The van der Waals surface area contributed by atoms with Crippen molar-refractivity contribution in [2.45, 2.75) is 71.1 Å². The predicted octanol–water partition coefficient (Wildman–Crippen LogP) is 9.99. The molecule has 0 amide bonds.